The maximum absolute atomic E-state index is 13.8. The molecule has 0 aliphatic heterocycles. The first-order chi connectivity index (χ1) is 9.91. The summed E-state index contributed by atoms with van der Waals surface area (Å²) in [6.45, 7) is 0.246. The molecule has 0 aliphatic rings. The molecule has 0 amide bonds. The highest BCUT2D eigenvalue weighted by Crippen LogP contribution is 2.20. The van der Waals surface area contributed by atoms with Crippen molar-refractivity contribution in [3.63, 3.8) is 0 Å². The number of sulfonamides is 1. The predicted molar refractivity (Wildman–Crippen MR) is 78.6 cm³/mol. The first kappa shape index (κ1) is 15.4. The van der Waals surface area contributed by atoms with Crippen LogP contribution in [-0.4, -0.2) is 31.3 Å². The van der Waals surface area contributed by atoms with Crippen molar-refractivity contribution in [2.45, 2.75) is 11.3 Å². The van der Waals surface area contributed by atoms with Crippen LogP contribution in [0.2, 0.25) is 0 Å². The third kappa shape index (κ3) is 3.56. The Kier molecular flexibility index (Phi) is 4.54. The molecule has 0 fully saturated rings. The number of anilines is 1. The molecular weight excluding hydrogens is 293 g/mol. The van der Waals surface area contributed by atoms with Gasteiger partial charge >= 0.3 is 0 Å². The van der Waals surface area contributed by atoms with Crippen LogP contribution < -0.4 is 5.73 Å². The van der Waals surface area contributed by atoms with Gasteiger partial charge in [0.1, 0.15) is 10.7 Å². The molecular formula is C14H16FN3O2S. The fraction of sp³-hybridized carbons (Fsp3) is 0.214. The van der Waals surface area contributed by atoms with E-state index in [9.17, 15) is 12.8 Å². The van der Waals surface area contributed by atoms with Crippen molar-refractivity contribution in [2.75, 3.05) is 19.3 Å². The molecule has 0 radical (unpaired) electrons. The van der Waals surface area contributed by atoms with E-state index in [0.29, 0.717) is 6.42 Å². The van der Waals surface area contributed by atoms with Gasteiger partial charge in [-0.05, 0) is 42.3 Å². The van der Waals surface area contributed by atoms with E-state index in [0.717, 1.165) is 15.9 Å². The fourth-order valence-electron chi connectivity index (χ4n) is 1.85. The van der Waals surface area contributed by atoms with Crippen LogP contribution in [0.5, 0.6) is 0 Å². The molecule has 2 N–H and O–H groups in total. The molecule has 0 spiro atoms. The van der Waals surface area contributed by atoms with Gasteiger partial charge in [0.2, 0.25) is 10.0 Å². The molecule has 0 bridgehead atoms. The second-order valence-electron chi connectivity index (χ2n) is 4.62. The number of hydrogen-bond acceptors (Lipinski definition) is 4. The Morgan fingerprint density at radius 3 is 2.52 bits per heavy atom. The monoisotopic (exact) mass is 309 g/mol. The number of benzene rings is 1. The second kappa shape index (κ2) is 6.19. The molecule has 2 rings (SSSR count). The highest BCUT2D eigenvalue weighted by Gasteiger charge is 2.24. The lowest BCUT2D eigenvalue weighted by molar-refractivity contribution is 0.465. The summed E-state index contributed by atoms with van der Waals surface area (Å²) in [5.74, 6) is -0.842. The predicted octanol–water partition coefficient (Wildman–Crippen LogP) is 1.67. The van der Waals surface area contributed by atoms with Gasteiger partial charge in [-0.15, -0.1) is 0 Å². The molecule has 5 nitrogen and oxygen atoms in total. The number of nitrogens with zero attached hydrogens (tertiary/aromatic N) is 2. The minimum absolute atomic E-state index is 0.186. The van der Waals surface area contributed by atoms with Crippen molar-refractivity contribution in [1.82, 2.24) is 9.29 Å². The van der Waals surface area contributed by atoms with Gasteiger partial charge in [0, 0.05) is 31.7 Å². The van der Waals surface area contributed by atoms with Crippen molar-refractivity contribution >= 4 is 15.7 Å². The van der Waals surface area contributed by atoms with Crippen LogP contribution in [0.15, 0.2) is 47.6 Å². The van der Waals surface area contributed by atoms with E-state index in [2.05, 4.69) is 4.98 Å². The molecule has 0 saturated heterocycles. The SMILES string of the molecule is CN(CCc1ccncc1)S(=O)(=O)c1ccc(N)cc1F. The van der Waals surface area contributed by atoms with Gasteiger partial charge in [-0.1, -0.05) is 0 Å². The van der Waals surface area contributed by atoms with Crippen LogP contribution in [0, 0.1) is 5.82 Å². The van der Waals surface area contributed by atoms with Crippen LogP contribution >= 0.6 is 0 Å². The Labute approximate surface area is 123 Å². The van der Waals surface area contributed by atoms with Gasteiger partial charge in [-0.3, -0.25) is 4.98 Å². The molecule has 2 aromatic rings. The van der Waals surface area contributed by atoms with Gasteiger partial charge in [-0.25, -0.2) is 17.1 Å². The molecule has 1 aromatic carbocycles. The maximum Gasteiger partial charge on any atom is 0.245 e. The minimum Gasteiger partial charge on any atom is -0.399 e. The van der Waals surface area contributed by atoms with E-state index in [-0.39, 0.29) is 17.1 Å². The van der Waals surface area contributed by atoms with E-state index in [1.165, 1.54) is 19.2 Å². The zero-order valence-corrected chi connectivity index (χ0v) is 12.3. The number of aromatic nitrogens is 1. The normalized spacial score (nSPS) is 11.8. The van der Waals surface area contributed by atoms with Crippen molar-refractivity contribution < 1.29 is 12.8 Å². The van der Waals surface area contributed by atoms with Crippen molar-refractivity contribution in [3.8, 4) is 0 Å². The summed E-state index contributed by atoms with van der Waals surface area (Å²) < 4.78 is 39.5. The minimum atomic E-state index is -3.87. The summed E-state index contributed by atoms with van der Waals surface area (Å²) in [6, 6.07) is 7.17. The first-order valence-corrected chi connectivity index (χ1v) is 7.75. The zero-order valence-electron chi connectivity index (χ0n) is 11.5. The van der Waals surface area contributed by atoms with Crippen molar-refractivity contribution in [1.29, 1.82) is 0 Å². The number of hydrogen-bond donors (Lipinski definition) is 1. The Bertz CT molecular complexity index is 720. The molecule has 112 valence electrons. The average molecular weight is 309 g/mol. The Hall–Kier alpha value is -1.99. The lowest BCUT2D eigenvalue weighted by Gasteiger charge is -2.17. The quantitative estimate of drug-likeness (QED) is 0.852. The Morgan fingerprint density at radius 1 is 1.24 bits per heavy atom. The summed E-state index contributed by atoms with van der Waals surface area (Å²) in [4.78, 5) is 3.53. The number of pyridine rings is 1. The highest BCUT2D eigenvalue weighted by atomic mass is 32.2. The second-order valence-corrected chi connectivity index (χ2v) is 6.64. The van der Waals surface area contributed by atoms with Crippen LogP contribution in [0.1, 0.15) is 5.56 Å². The van der Waals surface area contributed by atoms with E-state index in [1.807, 2.05) is 12.1 Å². The molecule has 7 heteroatoms. The Balaban J connectivity index is 2.15. The van der Waals surface area contributed by atoms with Crippen molar-refractivity contribution in [3.05, 3.63) is 54.1 Å². The third-order valence-corrected chi connectivity index (χ3v) is 5.00. The lowest BCUT2D eigenvalue weighted by atomic mass is 10.2. The summed E-state index contributed by atoms with van der Waals surface area (Å²) in [5.41, 5.74) is 6.58. The molecule has 0 atom stereocenters. The van der Waals surface area contributed by atoms with E-state index in [4.69, 9.17) is 5.73 Å². The van der Waals surface area contributed by atoms with E-state index in [1.54, 1.807) is 12.4 Å². The Morgan fingerprint density at radius 2 is 1.90 bits per heavy atom. The van der Waals surface area contributed by atoms with Crippen molar-refractivity contribution in [2.24, 2.45) is 0 Å². The van der Waals surface area contributed by atoms with Gasteiger partial charge in [0.25, 0.3) is 0 Å². The van der Waals surface area contributed by atoms with Gasteiger partial charge in [0.05, 0.1) is 0 Å². The average Bonchev–Trinajstić information content (AvgIpc) is 2.45. The molecule has 0 saturated carbocycles. The molecule has 1 heterocycles. The smallest absolute Gasteiger partial charge is 0.245 e. The maximum atomic E-state index is 13.8. The number of likely N-dealkylation sites (N-methyl/N-ethyl adjacent to an activating group) is 1. The largest absolute Gasteiger partial charge is 0.399 e. The fourth-order valence-corrected chi connectivity index (χ4v) is 3.06. The first-order valence-electron chi connectivity index (χ1n) is 6.31. The topological polar surface area (TPSA) is 76.3 Å². The number of nitrogen functional groups attached to an aromatic ring is 1. The number of nitrogens with two attached hydrogens (primary N) is 1. The van der Waals surface area contributed by atoms with Crippen LogP contribution in [-0.2, 0) is 16.4 Å². The third-order valence-electron chi connectivity index (χ3n) is 3.11. The van der Waals surface area contributed by atoms with Crippen LogP contribution in [0.3, 0.4) is 0 Å². The highest BCUT2D eigenvalue weighted by molar-refractivity contribution is 7.89. The van der Waals surface area contributed by atoms with Gasteiger partial charge in [0.15, 0.2) is 0 Å². The van der Waals surface area contributed by atoms with E-state index >= 15 is 0 Å². The van der Waals surface area contributed by atoms with E-state index < -0.39 is 15.8 Å². The van der Waals surface area contributed by atoms with Crippen LogP contribution in [0.4, 0.5) is 10.1 Å². The molecule has 21 heavy (non-hydrogen) atoms. The lowest BCUT2D eigenvalue weighted by Crippen LogP contribution is -2.29. The standard InChI is InChI=1S/C14H16FN3O2S/c1-18(9-6-11-4-7-17-8-5-11)21(19,20)14-3-2-12(16)10-13(14)15/h2-5,7-8,10H,6,9,16H2,1H3. The number of halogens is 1. The number of rotatable bonds is 5. The van der Waals surface area contributed by atoms with Gasteiger partial charge in [-0.2, -0.15) is 0 Å². The summed E-state index contributed by atoms with van der Waals surface area (Å²) >= 11 is 0. The molecule has 1 aromatic heterocycles. The zero-order chi connectivity index (χ0) is 15.5. The molecule has 0 aliphatic carbocycles. The summed E-state index contributed by atoms with van der Waals surface area (Å²) in [5, 5.41) is 0. The molecule has 0 unspecified atom stereocenters. The summed E-state index contributed by atoms with van der Waals surface area (Å²) in [6.07, 6.45) is 3.81. The summed E-state index contributed by atoms with van der Waals surface area (Å²) in [7, 11) is -2.45. The van der Waals surface area contributed by atoms with Crippen LogP contribution in [0.25, 0.3) is 0 Å². The van der Waals surface area contributed by atoms with Gasteiger partial charge < -0.3 is 5.73 Å².